The van der Waals surface area contributed by atoms with E-state index in [9.17, 15) is 14.4 Å². The minimum atomic E-state index is -0.849. The standard InChI is InChI=1S/C12H21N3O5/c1-8(11(17)18)3-2-4-14-12(19)15-5-6-20-7-9(15)10(13)16/h8-9H,2-7H2,1H3,(H2,13,16)(H,14,19)(H,17,18). The molecule has 0 aliphatic carbocycles. The summed E-state index contributed by atoms with van der Waals surface area (Å²) in [4.78, 5) is 35.1. The number of primary amides is 1. The number of ether oxygens (including phenoxy) is 1. The van der Waals surface area contributed by atoms with Crippen molar-refractivity contribution in [2.75, 3.05) is 26.3 Å². The number of carbonyl (C=O) groups excluding carboxylic acids is 2. The molecule has 0 aromatic heterocycles. The lowest BCUT2D eigenvalue weighted by atomic mass is 10.1. The third kappa shape index (κ3) is 4.69. The highest BCUT2D eigenvalue weighted by Crippen LogP contribution is 2.08. The van der Waals surface area contributed by atoms with Crippen molar-refractivity contribution >= 4 is 17.9 Å². The number of aliphatic carboxylic acids is 1. The molecule has 8 heteroatoms. The van der Waals surface area contributed by atoms with Crippen LogP contribution in [0.25, 0.3) is 0 Å². The molecule has 4 N–H and O–H groups in total. The van der Waals surface area contributed by atoms with Crippen LogP contribution >= 0.6 is 0 Å². The van der Waals surface area contributed by atoms with Gasteiger partial charge in [0.05, 0.1) is 19.1 Å². The van der Waals surface area contributed by atoms with E-state index < -0.39 is 23.8 Å². The summed E-state index contributed by atoms with van der Waals surface area (Å²) < 4.78 is 5.12. The molecule has 2 atom stereocenters. The summed E-state index contributed by atoms with van der Waals surface area (Å²) in [7, 11) is 0. The fourth-order valence-electron chi connectivity index (χ4n) is 1.91. The van der Waals surface area contributed by atoms with E-state index >= 15 is 0 Å². The number of nitrogens with two attached hydrogens (primary N) is 1. The molecule has 1 rings (SSSR count). The monoisotopic (exact) mass is 287 g/mol. The fraction of sp³-hybridized carbons (Fsp3) is 0.750. The lowest BCUT2D eigenvalue weighted by Gasteiger charge is -2.33. The van der Waals surface area contributed by atoms with Gasteiger partial charge in [-0.05, 0) is 12.8 Å². The molecule has 0 radical (unpaired) electrons. The molecule has 1 aliphatic heterocycles. The van der Waals surface area contributed by atoms with Crippen LogP contribution in [0.1, 0.15) is 19.8 Å². The molecule has 3 amide bonds. The van der Waals surface area contributed by atoms with Gasteiger partial charge in [-0.1, -0.05) is 6.92 Å². The highest BCUT2D eigenvalue weighted by Gasteiger charge is 2.31. The normalized spacial score (nSPS) is 20.2. The Labute approximate surface area is 117 Å². The van der Waals surface area contributed by atoms with Gasteiger partial charge >= 0.3 is 12.0 Å². The lowest BCUT2D eigenvalue weighted by molar-refractivity contribution is -0.141. The summed E-state index contributed by atoms with van der Waals surface area (Å²) in [5.41, 5.74) is 5.22. The topological polar surface area (TPSA) is 122 Å². The van der Waals surface area contributed by atoms with Crippen molar-refractivity contribution < 1.29 is 24.2 Å². The number of urea groups is 1. The van der Waals surface area contributed by atoms with Gasteiger partial charge in [0, 0.05) is 13.1 Å². The number of rotatable bonds is 6. The molecule has 0 aromatic rings. The van der Waals surface area contributed by atoms with Crippen LogP contribution in [0.5, 0.6) is 0 Å². The van der Waals surface area contributed by atoms with E-state index in [0.717, 1.165) is 0 Å². The van der Waals surface area contributed by atoms with Crippen LogP contribution in [0.3, 0.4) is 0 Å². The van der Waals surface area contributed by atoms with Gasteiger partial charge in [-0.3, -0.25) is 9.59 Å². The predicted octanol–water partition coefficient (Wildman–Crippen LogP) is -0.617. The number of nitrogens with zero attached hydrogens (tertiary/aromatic N) is 1. The van der Waals surface area contributed by atoms with Crippen molar-refractivity contribution in [3.05, 3.63) is 0 Å². The Kier molecular flexibility index (Phi) is 6.23. The number of carboxylic acids is 1. The van der Waals surface area contributed by atoms with Crippen molar-refractivity contribution in [3.63, 3.8) is 0 Å². The number of carboxylic acid groups (broad SMARTS) is 1. The molecule has 1 saturated heterocycles. The summed E-state index contributed by atoms with van der Waals surface area (Å²) in [5.74, 6) is -1.88. The minimum absolute atomic E-state index is 0.110. The van der Waals surface area contributed by atoms with Crippen LogP contribution in [-0.2, 0) is 14.3 Å². The molecule has 2 unspecified atom stereocenters. The van der Waals surface area contributed by atoms with Crippen LogP contribution < -0.4 is 11.1 Å². The van der Waals surface area contributed by atoms with E-state index in [4.69, 9.17) is 15.6 Å². The number of morpholine rings is 1. The van der Waals surface area contributed by atoms with Gasteiger partial charge in [0.15, 0.2) is 0 Å². The van der Waals surface area contributed by atoms with E-state index in [1.54, 1.807) is 6.92 Å². The van der Waals surface area contributed by atoms with Gasteiger partial charge < -0.3 is 25.8 Å². The Morgan fingerprint density at radius 3 is 2.80 bits per heavy atom. The van der Waals surface area contributed by atoms with E-state index in [2.05, 4.69) is 5.32 Å². The largest absolute Gasteiger partial charge is 0.481 e. The van der Waals surface area contributed by atoms with Crippen molar-refractivity contribution in [1.29, 1.82) is 0 Å². The van der Waals surface area contributed by atoms with Gasteiger partial charge in [0.1, 0.15) is 6.04 Å². The third-order valence-corrected chi connectivity index (χ3v) is 3.23. The van der Waals surface area contributed by atoms with Crippen LogP contribution in [0.15, 0.2) is 0 Å². The molecule has 0 aromatic carbocycles. The molecule has 20 heavy (non-hydrogen) atoms. The van der Waals surface area contributed by atoms with Gasteiger partial charge in [0.25, 0.3) is 0 Å². The fourth-order valence-corrected chi connectivity index (χ4v) is 1.91. The zero-order valence-electron chi connectivity index (χ0n) is 11.5. The number of hydrogen-bond acceptors (Lipinski definition) is 4. The highest BCUT2D eigenvalue weighted by molar-refractivity contribution is 5.86. The number of amides is 3. The zero-order valence-corrected chi connectivity index (χ0v) is 11.5. The number of nitrogens with one attached hydrogen (secondary N) is 1. The quantitative estimate of drug-likeness (QED) is 0.562. The summed E-state index contributed by atoms with van der Waals surface area (Å²) in [6, 6.07) is -1.12. The van der Waals surface area contributed by atoms with Gasteiger partial charge in [-0.15, -0.1) is 0 Å². The molecule has 114 valence electrons. The van der Waals surface area contributed by atoms with E-state index in [1.807, 2.05) is 0 Å². The Balaban J connectivity index is 2.34. The molecule has 8 nitrogen and oxygen atoms in total. The second-order valence-electron chi connectivity index (χ2n) is 4.80. The molecule has 0 saturated carbocycles. The third-order valence-electron chi connectivity index (χ3n) is 3.23. The SMILES string of the molecule is CC(CCCNC(=O)N1CCOCC1C(N)=O)C(=O)O. The summed E-state index contributed by atoms with van der Waals surface area (Å²) >= 11 is 0. The Morgan fingerprint density at radius 1 is 1.50 bits per heavy atom. The highest BCUT2D eigenvalue weighted by atomic mass is 16.5. The van der Waals surface area contributed by atoms with Gasteiger partial charge in [-0.2, -0.15) is 0 Å². The van der Waals surface area contributed by atoms with Crippen LogP contribution in [0, 0.1) is 5.92 Å². The van der Waals surface area contributed by atoms with Crippen molar-refractivity contribution in [2.24, 2.45) is 11.7 Å². The zero-order chi connectivity index (χ0) is 15.1. The van der Waals surface area contributed by atoms with Crippen LogP contribution in [0.2, 0.25) is 0 Å². The lowest BCUT2D eigenvalue weighted by Crippen LogP contribution is -2.57. The van der Waals surface area contributed by atoms with E-state index in [1.165, 1.54) is 4.90 Å². The molecular weight excluding hydrogens is 266 g/mol. The van der Waals surface area contributed by atoms with Crippen LogP contribution in [0.4, 0.5) is 4.79 Å². The molecule has 0 spiro atoms. The average molecular weight is 287 g/mol. The Morgan fingerprint density at radius 2 is 2.20 bits per heavy atom. The van der Waals surface area contributed by atoms with Gasteiger partial charge in [0.2, 0.25) is 5.91 Å². The maximum Gasteiger partial charge on any atom is 0.318 e. The first-order valence-electron chi connectivity index (χ1n) is 6.57. The van der Waals surface area contributed by atoms with E-state index in [0.29, 0.717) is 32.5 Å². The Hall–Kier alpha value is -1.83. The molecule has 1 fully saturated rings. The van der Waals surface area contributed by atoms with Crippen LogP contribution in [-0.4, -0.2) is 60.3 Å². The van der Waals surface area contributed by atoms with Crippen molar-refractivity contribution in [2.45, 2.75) is 25.8 Å². The number of carbonyl (C=O) groups is 3. The Bertz CT molecular complexity index is 374. The molecule has 1 heterocycles. The number of hydrogen-bond donors (Lipinski definition) is 3. The maximum atomic E-state index is 11.9. The van der Waals surface area contributed by atoms with Crippen molar-refractivity contribution in [1.82, 2.24) is 10.2 Å². The maximum absolute atomic E-state index is 11.9. The second kappa shape index (κ2) is 7.68. The summed E-state index contributed by atoms with van der Waals surface area (Å²) in [6.45, 7) is 2.77. The molecular formula is C12H21N3O5. The first-order valence-corrected chi connectivity index (χ1v) is 6.57. The molecule has 0 bridgehead atoms. The predicted molar refractivity (Wildman–Crippen MR) is 69.9 cm³/mol. The van der Waals surface area contributed by atoms with Crippen molar-refractivity contribution in [3.8, 4) is 0 Å². The van der Waals surface area contributed by atoms with Gasteiger partial charge in [-0.25, -0.2) is 4.79 Å². The smallest absolute Gasteiger partial charge is 0.318 e. The molecule has 1 aliphatic rings. The second-order valence-corrected chi connectivity index (χ2v) is 4.80. The minimum Gasteiger partial charge on any atom is -0.481 e. The first kappa shape index (κ1) is 16.2. The first-order chi connectivity index (χ1) is 9.43. The summed E-state index contributed by atoms with van der Waals surface area (Å²) in [5, 5.41) is 11.4. The summed E-state index contributed by atoms with van der Waals surface area (Å²) in [6.07, 6.45) is 1.04. The average Bonchev–Trinajstić information content (AvgIpc) is 2.42. The van der Waals surface area contributed by atoms with E-state index in [-0.39, 0.29) is 12.6 Å².